The molecule has 7 heteroatoms. The standard InChI is InChI=1S/C19H19N3O3S/c1-4-16(23)21-19-22-17-14(25-3)9-12(10-15(17)26-19)20-18(24)13-8-6-5-7-11(13)2/h5-10H,4H2,1-3H3,(H,20,24)(H,21,22,23). The fourth-order valence-corrected chi connectivity index (χ4v) is 3.45. The van der Waals surface area contributed by atoms with E-state index in [0.717, 1.165) is 10.3 Å². The second-order valence-electron chi connectivity index (χ2n) is 5.72. The largest absolute Gasteiger partial charge is 0.494 e. The van der Waals surface area contributed by atoms with Crippen LogP contribution in [0.1, 0.15) is 29.3 Å². The number of hydrogen-bond donors (Lipinski definition) is 2. The van der Waals surface area contributed by atoms with Crippen LogP contribution in [0.15, 0.2) is 36.4 Å². The monoisotopic (exact) mass is 369 g/mol. The predicted molar refractivity (Wildman–Crippen MR) is 104 cm³/mol. The third-order valence-corrected chi connectivity index (χ3v) is 4.81. The number of carbonyl (C=O) groups is 2. The molecular weight excluding hydrogens is 350 g/mol. The van der Waals surface area contributed by atoms with Crippen molar-refractivity contribution in [1.29, 1.82) is 0 Å². The molecule has 0 aliphatic rings. The van der Waals surface area contributed by atoms with E-state index >= 15 is 0 Å². The average molecular weight is 369 g/mol. The molecule has 2 amide bonds. The summed E-state index contributed by atoms with van der Waals surface area (Å²) in [5, 5.41) is 6.16. The van der Waals surface area contributed by atoms with Crippen molar-refractivity contribution >= 4 is 44.2 Å². The molecule has 26 heavy (non-hydrogen) atoms. The van der Waals surface area contributed by atoms with Crippen LogP contribution >= 0.6 is 11.3 Å². The number of anilines is 2. The van der Waals surface area contributed by atoms with Crippen molar-refractivity contribution in [3.05, 3.63) is 47.5 Å². The Morgan fingerprint density at radius 2 is 1.96 bits per heavy atom. The predicted octanol–water partition coefficient (Wildman–Crippen LogP) is 4.21. The van der Waals surface area contributed by atoms with E-state index in [9.17, 15) is 9.59 Å². The number of amides is 2. The molecule has 2 aromatic carbocycles. The summed E-state index contributed by atoms with van der Waals surface area (Å²) in [5.74, 6) is 0.250. The van der Waals surface area contributed by atoms with Crippen LogP contribution in [0.3, 0.4) is 0 Å². The van der Waals surface area contributed by atoms with Crippen LogP contribution in [-0.4, -0.2) is 23.9 Å². The summed E-state index contributed by atoms with van der Waals surface area (Å²) in [4.78, 5) is 28.5. The molecule has 6 nitrogen and oxygen atoms in total. The van der Waals surface area contributed by atoms with Gasteiger partial charge in [-0.15, -0.1) is 0 Å². The zero-order valence-electron chi connectivity index (χ0n) is 14.8. The fraction of sp³-hybridized carbons (Fsp3) is 0.211. The van der Waals surface area contributed by atoms with Crippen LogP contribution in [-0.2, 0) is 4.79 Å². The molecule has 3 aromatic rings. The van der Waals surface area contributed by atoms with E-state index in [1.807, 2.05) is 31.2 Å². The Kier molecular flexibility index (Phi) is 5.18. The molecule has 0 aliphatic carbocycles. The molecule has 1 aromatic heterocycles. The van der Waals surface area contributed by atoms with E-state index in [-0.39, 0.29) is 11.8 Å². The van der Waals surface area contributed by atoms with Gasteiger partial charge < -0.3 is 15.4 Å². The van der Waals surface area contributed by atoms with Gasteiger partial charge in [-0.2, -0.15) is 0 Å². The highest BCUT2D eigenvalue weighted by atomic mass is 32.1. The van der Waals surface area contributed by atoms with E-state index in [2.05, 4.69) is 15.6 Å². The third kappa shape index (κ3) is 3.67. The van der Waals surface area contributed by atoms with Crippen molar-refractivity contribution in [3.63, 3.8) is 0 Å². The first kappa shape index (κ1) is 17.9. The molecule has 0 saturated heterocycles. The number of aromatic nitrogens is 1. The van der Waals surface area contributed by atoms with Gasteiger partial charge in [0, 0.05) is 23.7 Å². The summed E-state index contributed by atoms with van der Waals surface area (Å²) < 4.78 is 6.22. The lowest BCUT2D eigenvalue weighted by molar-refractivity contribution is -0.115. The van der Waals surface area contributed by atoms with E-state index in [1.54, 1.807) is 26.2 Å². The zero-order chi connectivity index (χ0) is 18.7. The average Bonchev–Trinajstić information content (AvgIpc) is 3.03. The van der Waals surface area contributed by atoms with Gasteiger partial charge in [-0.3, -0.25) is 9.59 Å². The van der Waals surface area contributed by atoms with E-state index < -0.39 is 0 Å². The van der Waals surface area contributed by atoms with Crippen molar-refractivity contribution in [2.45, 2.75) is 20.3 Å². The first-order chi connectivity index (χ1) is 12.5. The maximum atomic E-state index is 12.5. The van der Waals surface area contributed by atoms with Crippen molar-refractivity contribution in [1.82, 2.24) is 4.98 Å². The SMILES string of the molecule is CCC(=O)Nc1nc2c(OC)cc(NC(=O)c3ccccc3C)cc2s1. The minimum Gasteiger partial charge on any atom is -0.494 e. The lowest BCUT2D eigenvalue weighted by atomic mass is 10.1. The van der Waals surface area contributed by atoms with Crippen LogP contribution in [0, 0.1) is 6.92 Å². The molecule has 0 radical (unpaired) electrons. The quantitative estimate of drug-likeness (QED) is 0.706. The minimum atomic E-state index is -0.187. The fourth-order valence-electron chi connectivity index (χ4n) is 2.51. The molecule has 0 fully saturated rings. The van der Waals surface area contributed by atoms with Crippen LogP contribution < -0.4 is 15.4 Å². The number of carbonyl (C=O) groups excluding carboxylic acids is 2. The van der Waals surface area contributed by atoms with Crippen LogP contribution in [0.5, 0.6) is 5.75 Å². The number of nitrogens with one attached hydrogen (secondary N) is 2. The summed E-state index contributed by atoms with van der Waals surface area (Å²) in [6.45, 7) is 3.67. The molecule has 0 bridgehead atoms. The van der Waals surface area contributed by atoms with Crippen LogP contribution in [0.25, 0.3) is 10.2 Å². The Bertz CT molecular complexity index is 981. The molecule has 2 N–H and O–H groups in total. The normalized spacial score (nSPS) is 10.6. The Hall–Kier alpha value is -2.93. The Labute approximate surface area is 155 Å². The number of aryl methyl sites for hydroxylation is 1. The molecule has 0 atom stereocenters. The van der Waals surface area contributed by atoms with E-state index in [1.165, 1.54) is 11.3 Å². The van der Waals surface area contributed by atoms with E-state index in [4.69, 9.17) is 4.74 Å². The number of hydrogen-bond acceptors (Lipinski definition) is 5. The first-order valence-corrected chi connectivity index (χ1v) is 8.99. The molecule has 0 unspecified atom stereocenters. The molecule has 0 spiro atoms. The number of thiazole rings is 1. The molecule has 3 rings (SSSR count). The number of nitrogens with zero attached hydrogens (tertiary/aromatic N) is 1. The molecule has 134 valence electrons. The van der Waals surface area contributed by atoms with Gasteiger partial charge in [0.15, 0.2) is 5.13 Å². The van der Waals surface area contributed by atoms with Gasteiger partial charge in [-0.1, -0.05) is 36.5 Å². The summed E-state index contributed by atoms with van der Waals surface area (Å²) in [5.41, 5.74) is 2.78. The number of benzene rings is 2. The van der Waals surface area contributed by atoms with Gasteiger partial charge in [0.2, 0.25) is 5.91 Å². The minimum absolute atomic E-state index is 0.101. The third-order valence-electron chi connectivity index (χ3n) is 3.89. The number of fused-ring (bicyclic) bond motifs is 1. The second-order valence-corrected chi connectivity index (χ2v) is 6.75. The molecule has 0 saturated carbocycles. The number of methoxy groups -OCH3 is 1. The first-order valence-electron chi connectivity index (χ1n) is 8.17. The molecule has 1 heterocycles. The smallest absolute Gasteiger partial charge is 0.255 e. The Balaban J connectivity index is 1.93. The highest BCUT2D eigenvalue weighted by molar-refractivity contribution is 7.22. The van der Waals surface area contributed by atoms with Gasteiger partial charge in [-0.05, 0) is 24.6 Å². The van der Waals surface area contributed by atoms with Gasteiger partial charge in [-0.25, -0.2) is 4.98 Å². The van der Waals surface area contributed by atoms with E-state index in [0.29, 0.717) is 34.1 Å². The van der Waals surface area contributed by atoms with Crippen molar-refractivity contribution in [2.24, 2.45) is 0 Å². The maximum Gasteiger partial charge on any atom is 0.255 e. The lowest BCUT2D eigenvalue weighted by Crippen LogP contribution is -2.13. The van der Waals surface area contributed by atoms with Gasteiger partial charge in [0.25, 0.3) is 5.91 Å². The van der Waals surface area contributed by atoms with Crippen molar-refractivity contribution in [2.75, 3.05) is 17.7 Å². The topological polar surface area (TPSA) is 80.3 Å². The number of rotatable bonds is 5. The van der Waals surface area contributed by atoms with Crippen LogP contribution in [0.2, 0.25) is 0 Å². The zero-order valence-corrected chi connectivity index (χ0v) is 15.6. The Morgan fingerprint density at radius 3 is 2.65 bits per heavy atom. The highest BCUT2D eigenvalue weighted by Gasteiger charge is 2.15. The van der Waals surface area contributed by atoms with Gasteiger partial charge in [0.05, 0.1) is 11.8 Å². The molecule has 0 aliphatic heterocycles. The number of ether oxygens (including phenoxy) is 1. The summed E-state index contributed by atoms with van der Waals surface area (Å²) in [7, 11) is 1.55. The summed E-state index contributed by atoms with van der Waals surface area (Å²) >= 11 is 1.34. The van der Waals surface area contributed by atoms with Crippen molar-refractivity contribution < 1.29 is 14.3 Å². The van der Waals surface area contributed by atoms with Gasteiger partial charge in [0.1, 0.15) is 11.3 Å². The second kappa shape index (κ2) is 7.53. The lowest BCUT2D eigenvalue weighted by Gasteiger charge is -2.09. The Morgan fingerprint density at radius 1 is 1.19 bits per heavy atom. The van der Waals surface area contributed by atoms with Crippen molar-refractivity contribution in [3.8, 4) is 5.75 Å². The molecular formula is C19H19N3O3S. The van der Waals surface area contributed by atoms with Gasteiger partial charge >= 0.3 is 0 Å². The summed E-state index contributed by atoms with van der Waals surface area (Å²) in [6, 6.07) is 11.0. The maximum absolute atomic E-state index is 12.5. The van der Waals surface area contributed by atoms with Crippen LogP contribution in [0.4, 0.5) is 10.8 Å². The summed E-state index contributed by atoms with van der Waals surface area (Å²) in [6.07, 6.45) is 0.380. The highest BCUT2D eigenvalue weighted by Crippen LogP contribution is 2.35.